The summed E-state index contributed by atoms with van der Waals surface area (Å²) < 4.78 is 11.3. The lowest BCUT2D eigenvalue weighted by atomic mass is 10.1. The molecule has 2 N–H and O–H groups in total. The number of nitrogens with one attached hydrogen (secondary N) is 1. The topological polar surface area (TPSA) is 50.7 Å². The van der Waals surface area contributed by atoms with Gasteiger partial charge in [0.1, 0.15) is 0 Å². The molecule has 0 heterocycles. The van der Waals surface area contributed by atoms with Crippen LogP contribution in [0, 0.1) is 5.92 Å². The van der Waals surface area contributed by atoms with Gasteiger partial charge in [0.05, 0.1) is 13.7 Å². The molecule has 0 radical (unpaired) electrons. The molecule has 4 heteroatoms. The van der Waals surface area contributed by atoms with E-state index in [1.165, 1.54) is 0 Å². The normalized spacial score (nSPS) is 10.8. The summed E-state index contributed by atoms with van der Waals surface area (Å²) in [5.74, 6) is 2.22. The molecule has 0 saturated carbocycles. The molecule has 0 bridgehead atoms. The van der Waals surface area contributed by atoms with Crippen molar-refractivity contribution in [3.05, 3.63) is 23.8 Å². The van der Waals surface area contributed by atoms with Crippen LogP contribution in [0.15, 0.2) is 18.2 Å². The second-order valence-corrected chi connectivity index (χ2v) is 5.23. The average Bonchev–Trinajstić information content (AvgIpc) is 2.44. The summed E-state index contributed by atoms with van der Waals surface area (Å²) in [6, 6.07) is 5.93. The van der Waals surface area contributed by atoms with Gasteiger partial charge in [0.15, 0.2) is 11.5 Å². The minimum absolute atomic E-state index is 0.211. The van der Waals surface area contributed by atoms with E-state index in [1.54, 1.807) is 7.11 Å². The Morgan fingerprint density at radius 2 is 2.10 bits per heavy atom. The number of hydrogen-bond acceptors (Lipinski definition) is 4. The number of para-hydroxylation sites is 1. The van der Waals surface area contributed by atoms with Gasteiger partial charge in [-0.25, -0.2) is 0 Å². The van der Waals surface area contributed by atoms with Gasteiger partial charge in [0, 0.05) is 18.7 Å². The van der Waals surface area contributed by atoms with Gasteiger partial charge in [-0.05, 0) is 31.4 Å². The molecule has 4 nitrogen and oxygen atoms in total. The first-order chi connectivity index (χ1) is 9.69. The fraction of sp³-hybridized carbons (Fsp3) is 0.625. The SMILES string of the molecule is COc1cccc(CNCCCO)c1OCCC(C)C. The summed E-state index contributed by atoms with van der Waals surface area (Å²) in [5, 5.41) is 12.1. The predicted octanol–water partition coefficient (Wildman–Crippen LogP) is 2.59. The van der Waals surface area contributed by atoms with E-state index in [0.29, 0.717) is 19.1 Å². The lowest BCUT2D eigenvalue weighted by Crippen LogP contribution is -2.17. The van der Waals surface area contributed by atoms with Crippen molar-refractivity contribution in [2.75, 3.05) is 26.9 Å². The highest BCUT2D eigenvalue weighted by Gasteiger charge is 2.10. The molecule has 20 heavy (non-hydrogen) atoms. The van der Waals surface area contributed by atoms with Crippen molar-refractivity contribution < 1.29 is 14.6 Å². The van der Waals surface area contributed by atoms with E-state index in [9.17, 15) is 0 Å². The van der Waals surface area contributed by atoms with Gasteiger partial charge < -0.3 is 19.9 Å². The van der Waals surface area contributed by atoms with Crippen LogP contribution in [-0.2, 0) is 6.54 Å². The van der Waals surface area contributed by atoms with Crippen molar-refractivity contribution in [1.82, 2.24) is 5.32 Å². The highest BCUT2D eigenvalue weighted by Crippen LogP contribution is 2.31. The Bertz CT molecular complexity index is 380. The number of benzene rings is 1. The molecule has 1 aromatic carbocycles. The maximum absolute atomic E-state index is 8.78. The van der Waals surface area contributed by atoms with Crippen LogP contribution in [0.25, 0.3) is 0 Å². The van der Waals surface area contributed by atoms with Gasteiger partial charge in [-0.1, -0.05) is 26.0 Å². The molecule has 1 rings (SSSR count). The van der Waals surface area contributed by atoms with Crippen molar-refractivity contribution in [1.29, 1.82) is 0 Å². The zero-order valence-corrected chi connectivity index (χ0v) is 12.8. The van der Waals surface area contributed by atoms with E-state index in [0.717, 1.165) is 36.4 Å². The molecular formula is C16H27NO3. The Kier molecular flexibility index (Phi) is 8.07. The largest absolute Gasteiger partial charge is 0.493 e. The van der Waals surface area contributed by atoms with E-state index in [2.05, 4.69) is 19.2 Å². The van der Waals surface area contributed by atoms with E-state index in [1.807, 2.05) is 18.2 Å². The molecule has 0 atom stereocenters. The minimum atomic E-state index is 0.211. The van der Waals surface area contributed by atoms with Crippen LogP contribution in [0.3, 0.4) is 0 Å². The third-order valence-electron chi connectivity index (χ3n) is 3.05. The van der Waals surface area contributed by atoms with Crippen LogP contribution in [0.5, 0.6) is 11.5 Å². The first kappa shape index (κ1) is 16.8. The summed E-state index contributed by atoms with van der Waals surface area (Å²) in [6.45, 7) is 6.78. The Morgan fingerprint density at radius 1 is 1.30 bits per heavy atom. The first-order valence-electron chi connectivity index (χ1n) is 7.29. The molecule has 0 spiro atoms. The minimum Gasteiger partial charge on any atom is -0.493 e. The van der Waals surface area contributed by atoms with Crippen molar-refractivity contribution >= 4 is 0 Å². The number of rotatable bonds is 10. The lowest BCUT2D eigenvalue weighted by molar-refractivity contribution is 0.269. The molecule has 0 saturated heterocycles. The van der Waals surface area contributed by atoms with Crippen LogP contribution in [0.4, 0.5) is 0 Å². The molecule has 0 amide bonds. The van der Waals surface area contributed by atoms with Crippen LogP contribution in [0.2, 0.25) is 0 Å². The molecule has 0 aliphatic carbocycles. The monoisotopic (exact) mass is 281 g/mol. The smallest absolute Gasteiger partial charge is 0.165 e. The molecular weight excluding hydrogens is 254 g/mol. The maximum atomic E-state index is 8.78. The summed E-state index contributed by atoms with van der Waals surface area (Å²) in [6.07, 6.45) is 1.78. The Balaban J connectivity index is 2.65. The molecule has 0 aliphatic heterocycles. The maximum Gasteiger partial charge on any atom is 0.165 e. The molecule has 0 aliphatic rings. The molecule has 0 fully saturated rings. The van der Waals surface area contributed by atoms with Gasteiger partial charge in [-0.3, -0.25) is 0 Å². The van der Waals surface area contributed by atoms with Crippen molar-refractivity contribution in [2.24, 2.45) is 5.92 Å². The number of aliphatic hydroxyl groups excluding tert-OH is 1. The highest BCUT2D eigenvalue weighted by atomic mass is 16.5. The lowest BCUT2D eigenvalue weighted by Gasteiger charge is -2.16. The van der Waals surface area contributed by atoms with Gasteiger partial charge in [-0.2, -0.15) is 0 Å². The highest BCUT2D eigenvalue weighted by molar-refractivity contribution is 5.46. The number of aliphatic hydroxyl groups is 1. The third kappa shape index (κ3) is 5.80. The quantitative estimate of drug-likeness (QED) is 0.647. The fourth-order valence-corrected chi connectivity index (χ4v) is 1.85. The summed E-state index contributed by atoms with van der Waals surface area (Å²) in [4.78, 5) is 0. The molecule has 1 aromatic rings. The van der Waals surface area contributed by atoms with E-state index in [-0.39, 0.29) is 6.61 Å². The van der Waals surface area contributed by atoms with Crippen LogP contribution in [0.1, 0.15) is 32.3 Å². The number of ether oxygens (including phenoxy) is 2. The zero-order valence-electron chi connectivity index (χ0n) is 12.8. The Labute approximate surface area is 122 Å². The zero-order chi connectivity index (χ0) is 14.8. The number of methoxy groups -OCH3 is 1. The molecule has 0 aromatic heterocycles. The predicted molar refractivity (Wildman–Crippen MR) is 81.4 cm³/mol. The van der Waals surface area contributed by atoms with E-state index >= 15 is 0 Å². The Morgan fingerprint density at radius 3 is 2.75 bits per heavy atom. The first-order valence-corrected chi connectivity index (χ1v) is 7.29. The van der Waals surface area contributed by atoms with Gasteiger partial charge >= 0.3 is 0 Å². The summed E-state index contributed by atoms with van der Waals surface area (Å²) in [5.41, 5.74) is 1.09. The van der Waals surface area contributed by atoms with E-state index in [4.69, 9.17) is 14.6 Å². The van der Waals surface area contributed by atoms with Gasteiger partial charge in [-0.15, -0.1) is 0 Å². The van der Waals surface area contributed by atoms with Crippen molar-refractivity contribution in [3.63, 3.8) is 0 Å². The summed E-state index contributed by atoms with van der Waals surface area (Å²) in [7, 11) is 1.66. The fourth-order valence-electron chi connectivity index (χ4n) is 1.85. The van der Waals surface area contributed by atoms with Gasteiger partial charge in [0.2, 0.25) is 0 Å². The van der Waals surface area contributed by atoms with Gasteiger partial charge in [0.25, 0.3) is 0 Å². The summed E-state index contributed by atoms with van der Waals surface area (Å²) >= 11 is 0. The molecule has 114 valence electrons. The van der Waals surface area contributed by atoms with Crippen LogP contribution in [-0.4, -0.2) is 32.0 Å². The van der Waals surface area contributed by atoms with Crippen LogP contribution < -0.4 is 14.8 Å². The second-order valence-electron chi connectivity index (χ2n) is 5.23. The van der Waals surface area contributed by atoms with Crippen molar-refractivity contribution in [2.45, 2.75) is 33.2 Å². The average molecular weight is 281 g/mol. The van der Waals surface area contributed by atoms with Crippen molar-refractivity contribution in [3.8, 4) is 11.5 Å². The second kappa shape index (κ2) is 9.61. The van der Waals surface area contributed by atoms with Crippen LogP contribution >= 0.6 is 0 Å². The third-order valence-corrected chi connectivity index (χ3v) is 3.05. The van der Waals surface area contributed by atoms with E-state index < -0.39 is 0 Å². The molecule has 0 unspecified atom stereocenters. The number of hydrogen-bond donors (Lipinski definition) is 2. The Hall–Kier alpha value is -1.26. The standard InChI is InChI=1S/C16H27NO3/c1-13(2)8-11-20-16-14(12-17-9-5-10-18)6-4-7-15(16)19-3/h4,6-7,13,17-18H,5,8-12H2,1-3H3.